The van der Waals surface area contributed by atoms with E-state index in [1.807, 2.05) is 0 Å². The van der Waals surface area contributed by atoms with Crippen molar-refractivity contribution in [1.29, 1.82) is 0 Å². The zero-order valence-electron chi connectivity index (χ0n) is 10.9. The molecule has 0 amide bonds. The Kier molecular flexibility index (Phi) is 4.62. The highest BCUT2D eigenvalue weighted by Crippen LogP contribution is 2.17. The molecular weight excluding hydrogens is 198 g/mol. The highest BCUT2D eigenvalue weighted by atomic mass is 15.2. The second kappa shape index (κ2) is 5.99. The van der Waals surface area contributed by atoms with Crippen LogP contribution in [0.1, 0.15) is 25.7 Å². The second-order valence-corrected chi connectivity index (χ2v) is 5.69. The maximum Gasteiger partial charge on any atom is 0.0220 e. The van der Waals surface area contributed by atoms with Crippen molar-refractivity contribution in [1.82, 2.24) is 15.1 Å². The van der Waals surface area contributed by atoms with E-state index in [4.69, 9.17) is 0 Å². The van der Waals surface area contributed by atoms with Crippen molar-refractivity contribution in [2.24, 2.45) is 5.92 Å². The lowest BCUT2D eigenvalue weighted by atomic mass is 10.0. The Labute approximate surface area is 100 Å². The van der Waals surface area contributed by atoms with Crippen LogP contribution < -0.4 is 5.32 Å². The lowest BCUT2D eigenvalue weighted by Crippen LogP contribution is -2.45. The van der Waals surface area contributed by atoms with Gasteiger partial charge in [-0.3, -0.25) is 0 Å². The van der Waals surface area contributed by atoms with Gasteiger partial charge in [0.05, 0.1) is 0 Å². The van der Waals surface area contributed by atoms with Crippen LogP contribution in [0.5, 0.6) is 0 Å². The second-order valence-electron chi connectivity index (χ2n) is 5.69. The average molecular weight is 225 g/mol. The number of likely N-dealkylation sites (N-methyl/N-ethyl adjacent to an activating group) is 2. The van der Waals surface area contributed by atoms with Crippen LogP contribution in [0.4, 0.5) is 0 Å². The summed E-state index contributed by atoms with van der Waals surface area (Å²) in [5.74, 6) is 0.934. The molecule has 2 saturated heterocycles. The predicted molar refractivity (Wildman–Crippen MR) is 68.7 cm³/mol. The smallest absolute Gasteiger partial charge is 0.0220 e. The van der Waals surface area contributed by atoms with Crippen LogP contribution >= 0.6 is 0 Å². The van der Waals surface area contributed by atoms with Crippen molar-refractivity contribution in [3.8, 4) is 0 Å². The van der Waals surface area contributed by atoms with E-state index in [1.54, 1.807) is 0 Å². The van der Waals surface area contributed by atoms with Gasteiger partial charge in [0.1, 0.15) is 0 Å². The van der Waals surface area contributed by atoms with Gasteiger partial charge in [-0.15, -0.1) is 0 Å². The van der Waals surface area contributed by atoms with Gasteiger partial charge in [0.2, 0.25) is 0 Å². The van der Waals surface area contributed by atoms with E-state index in [1.165, 1.54) is 58.4 Å². The van der Waals surface area contributed by atoms with Gasteiger partial charge in [-0.1, -0.05) is 0 Å². The van der Waals surface area contributed by atoms with Crippen LogP contribution in [0.2, 0.25) is 0 Å². The quantitative estimate of drug-likeness (QED) is 0.770. The molecule has 2 unspecified atom stereocenters. The Hall–Kier alpha value is -0.120. The molecule has 0 aromatic heterocycles. The number of nitrogens with zero attached hydrogens (tertiary/aromatic N) is 2. The van der Waals surface area contributed by atoms with Crippen molar-refractivity contribution < 1.29 is 0 Å². The van der Waals surface area contributed by atoms with E-state index in [0.29, 0.717) is 0 Å². The molecule has 16 heavy (non-hydrogen) atoms. The van der Waals surface area contributed by atoms with Gasteiger partial charge in [-0.2, -0.15) is 0 Å². The molecule has 2 aliphatic heterocycles. The molecule has 0 spiro atoms. The van der Waals surface area contributed by atoms with Crippen molar-refractivity contribution >= 4 is 0 Å². The Balaban J connectivity index is 1.67. The molecule has 94 valence electrons. The summed E-state index contributed by atoms with van der Waals surface area (Å²) in [6.45, 7) is 6.32. The molecule has 2 rings (SSSR count). The fourth-order valence-corrected chi connectivity index (χ4v) is 3.03. The maximum atomic E-state index is 3.46. The third kappa shape index (κ3) is 3.44. The first-order valence-corrected chi connectivity index (χ1v) is 6.85. The summed E-state index contributed by atoms with van der Waals surface area (Å²) in [6.07, 6.45) is 5.53. The van der Waals surface area contributed by atoms with Crippen LogP contribution in [0.3, 0.4) is 0 Å². The summed E-state index contributed by atoms with van der Waals surface area (Å²) in [5.41, 5.74) is 0. The van der Waals surface area contributed by atoms with Crippen molar-refractivity contribution in [3.63, 3.8) is 0 Å². The standard InChI is InChI=1S/C13H27N3/c1-15-8-3-4-13(11-15)16(2)9-6-12-5-7-14-10-12/h12-14H,3-11H2,1-2H3. The summed E-state index contributed by atoms with van der Waals surface area (Å²) in [7, 11) is 4.56. The van der Waals surface area contributed by atoms with E-state index in [9.17, 15) is 0 Å². The van der Waals surface area contributed by atoms with E-state index in [0.717, 1.165) is 12.0 Å². The van der Waals surface area contributed by atoms with Crippen LogP contribution in [0, 0.1) is 5.92 Å². The minimum Gasteiger partial charge on any atom is -0.316 e. The van der Waals surface area contributed by atoms with Crippen molar-refractivity contribution in [2.75, 3.05) is 46.8 Å². The third-order valence-electron chi connectivity index (χ3n) is 4.28. The van der Waals surface area contributed by atoms with Crippen LogP contribution in [-0.2, 0) is 0 Å². The molecule has 2 atom stereocenters. The minimum atomic E-state index is 0.799. The van der Waals surface area contributed by atoms with Crippen LogP contribution in [-0.4, -0.2) is 62.7 Å². The topological polar surface area (TPSA) is 18.5 Å². The monoisotopic (exact) mass is 225 g/mol. The van der Waals surface area contributed by atoms with Gasteiger partial charge < -0.3 is 15.1 Å². The first-order chi connectivity index (χ1) is 7.75. The van der Waals surface area contributed by atoms with Crippen LogP contribution in [0.25, 0.3) is 0 Å². The van der Waals surface area contributed by atoms with Gasteiger partial charge in [-0.25, -0.2) is 0 Å². The molecule has 0 radical (unpaired) electrons. The molecule has 0 aliphatic carbocycles. The molecule has 2 aliphatic rings. The van der Waals surface area contributed by atoms with Gasteiger partial charge in [0.15, 0.2) is 0 Å². The molecule has 3 heteroatoms. The molecule has 0 saturated carbocycles. The minimum absolute atomic E-state index is 0.799. The molecule has 1 N–H and O–H groups in total. The number of hydrogen-bond acceptors (Lipinski definition) is 3. The first-order valence-electron chi connectivity index (χ1n) is 6.85. The van der Waals surface area contributed by atoms with E-state index < -0.39 is 0 Å². The zero-order valence-corrected chi connectivity index (χ0v) is 10.9. The molecular formula is C13H27N3. The van der Waals surface area contributed by atoms with Gasteiger partial charge in [-0.05, 0) is 71.9 Å². The molecule has 2 heterocycles. The number of likely N-dealkylation sites (tertiary alicyclic amines) is 1. The highest BCUT2D eigenvalue weighted by Gasteiger charge is 2.22. The SMILES string of the molecule is CN1CCCC(N(C)CCC2CCNC2)C1. The largest absolute Gasteiger partial charge is 0.316 e. The normalized spacial score (nSPS) is 32.4. The average Bonchev–Trinajstić information content (AvgIpc) is 2.78. The Bertz CT molecular complexity index is 201. The third-order valence-corrected chi connectivity index (χ3v) is 4.28. The molecule has 0 bridgehead atoms. The lowest BCUT2D eigenvalue weighted by Gasteiger charge is -2.36. The van der Waals surface area contributed by atoms with E-state index >= 15 is 0 Å². The fraction of sp³-hybridized carbons (Fsp3) is 1.00. The van der Waals surface area contributed by atoms with Crippen molar-refractivity contribution in [2.45, 2.75) is 31.7 Å². The number of piperidine rings is 1. The predicted octanol–water partition coefficient (Wildman–Crippen LogP) is 1.01. The fourth-order valence-electron chi connectivity index (χ4n) is 3.03. The summed E-state index contributed by atoms with van der Waals surface area (Å²) in [5, 5.41) is 3.46. The summed E-state index contributed by atoms with van der Waals surface area (Å²) < 4.78 is 0. The summed E-state index contributed by atoms with van der Waals surface area (Å²) >= 11 is 0. The number of rotatable bonds is 4. The van der Waals surface area contributed by atoms with Crippen LogP contribution in [0.15, 0.2) is 0 Å². The zero-order chi connectivity index (χ0) is 11.4. The Morgan fingerprint density at radius 1 is 1.38 bits per heavy atom. The first kappa shape index (κ1) is 12.3. The summed E-state index contributed by atoms with van der Waals surface area (Å²) in [4.78, 5) is 5.07. The van der Waals surface area contributed by atoms with Crippen molar-refractivity contribution in [3.05, 3.63) is 0 Å². The molecule has 3 nitrogen and oxygen atoms in total. The molecule has 2 fully saturated rings. The number of nitrogens with one attached hydrogen (secondary N) is 1. The molecule has 0 aromatic carbocycles. The molecule has 0 aromatic rings. The Morgan fingerprint density at radius 2 is 2.25 bits per heavy atom. The van der Waals surface area contributed by atoms with E-state index in [-0.39, 0.29) is 0 Å². The van der Waals surface area contributed by atoms with E-state index in [2.05, 4.69) is 29.2 Å². The van der Waals surface area contributed by atoms with Gasteiger partial charge in [0, 0.05) is 12.6 Å². The Morgan fingerprint density at radius 3 is 2.94 bits per heavy atom. The maximum absolute atomic E-state index is 3.46. The van der Waals surface area contributed by atoms with Gasteiger partial charge in [0.25, 0.3) is 0 Å². The number of hydrogen-bond donors (Lipinski definition) is 1. The highest BCUT2D eigenvalue weighted by molar-refractivity contribution is 4.79. The lowest BCUT2D eigenvalue weighted by molar-refractivity contribution is 0.129. The summed E-state index contributed by atoms with van der Waals surface area (Å²) in [6, 6.07) is 0.799. The van der Waals surface area contributed by atoms with Gasteiger partial charge >= 0.3 is 0 Å².